The van der Waals surface area contributed by atoms with Crippen molar-refractivity contribution in [3.8, 4) is 10.7 Å². The summed E-state index contributed by atoms with van der Waals surface area (Å²) in [5.41, 5.74) is 0.629. The zero-order valence-electron chi connectivity index (χ0n) is 6.19. The van der Waals surface area contributed by atoms with E-state index in [1.165, 1.54) is 17.5 Å². The fourth-order valence-corrected chi connectivity index (χ4v) is 1.78. The largest absolute Gasteiger partial charge is 0.259 e. The Labute approximate surface area is 87.6 Å². The van der Waals surface area contributed by atoms with Crippen molar-refractivity contribution in [1.82, 2.24) is 20.2 Å². The van der Waals surface area contributed by atoms with E-state index in [-0.39, 0.29) is 0 Å². The van der Waals surface area contributed by atoms with Crippen molar-refractivity contribution in [2.24, 2.45) is 0 Å². The fourth-order valence-electron chi connectivity index (χ4n) is 0.785. The van der Waals surface area contributed by atoms with Crippen LogP contribution in [-0.4, -0.2) is 20.2 Å². The molecule has 0 amide bonds. The molecule has 0 aliphatic heterocycles. The summed E-state index contributed by atoms with van der Waals surface area (Å²) in [6, 6.07) is 0. The van der Waals surface area contributed by atoms with E-state index in [1.807, 2.05) is 0 Å². The molecule has 2 aromatic rings. The molecule has 0 saturated carbocycles. The summed E-state index contributed by atoms with van der Waals surface area (Å²) in [6.07, 6.45) is 3.06. The molecule has 0 fully saturated rings. The fraction of sp³-hybridized carbons (Fsp3) is 0. The predicted molar refractivity (Wildman–Crippen MR) is 53.3 cm³/mol. The van der Waals surface area contributed by atoms with Crippen LogP contribution in [0.3, 0.4) is 0 Å². The quantitative estimate of drug-likeness (QED) is 0.764. The van der Waals surface area contributed by atoms with E-state index in [2.05, 4.69) is 20.2 Å². The molecule has 66 valence electrons. The van der Waals surface area contributed by atoms with Crippen molar-refractivity contribution in [3.63, 3.8) is 0 Å². The van der Waals surface area contributed by atoms with Gasteiger partial charge in [-0.2, -0.15) is 5.10 Å². The van der Waals surface area contributed by atoms with Gasteiger partial charge in [-0.1, -0.05) is 22.9 Å². The van der Waals surface area contributed by atoms with Crippen LogP contribution in [0.5, 0.6) is 0 Å². The minimum absolute atomic E-state index is 0.346. The van der Waals surface area contributed by atoms with Crippen molar-refractivity contribution in [2.45, 2.75) is 0 Å². The second-order valence-electron chi connectivity index (χ2n) is 2.15. The first-order valence-corrected chi connectivity index (χ1v) is 4.89. The van der Waals surface area contributed by atoms with E-state index in [9.17, 15) is 0 Å². The summed E-state index contributed by atoms with van der Waals surface area (Å²) in [4.78, 5) is 7.94. The Kier molecular flexibility index (Phi) is 2.34. The smallest absolute Gasteiger partial charge is 0.176 e. The lowest BCUT2D eigenvalue weighted by Crippen LogP contribution is -1.84. The Morgan fingerprint density at radius 3 is 2.92 bits per heavy atom. The van der Waals surface area contributed by atoms with E-state index < -0.39 is 0 Å². The second kappa shape index (κ2) is 3.49. The highest BCUT2D eigenvalue weighted by Gasteiger charge is 2.04. The maximum atomic E-state index is 5.67. The molecule has 2 rings (SSSR count). The van der Waals surface area contributed by atoms with Crippen LogP contribution in [0.2, 0.25) is 5.15 Å². The Hall–Kier alpha value is -0.850. The van der Waals surface area contributed by atoms with E-state index in [0.717, 1.165) is 0 Å². The molecule has 0 spiro atoms. The van der Waals surface area contributed by atoms with Gasteiger partial charge in [-0.3, -0.25) is 10.1 Å². The van der Waals surface area contributed by atoms with E-state index >= 15 is 0 Å². The third kappa shape index (κ3) is 1.90. The first kappa shape index (κ1) is 8.74. The van der Waals surface area contributed by atoms with Gasteiger partial charge in [0.15, 0.2) is 8.96 Å². The lowest BCUT2D eigenvalue weighted by molar-refractivity contribution is 1.07. The lowest BCUT2D eigenvalue weighted by Gasteiger charge is -1.92. The summed E-state index contributed by atoms with van der Waals surface area (Å²) in [6.45, 7) is 0. The van der Waals surface area contributed by atoms with Gasteiger partial charge in [-0.25, -0.2) is 4.98 Å². The van der Waals surface area contributed by atoms with Crippen LogP contribution in [-0.2, 0) is 0 Å². The summed E-state index contributed by atoms with van der Waals surface area (Å²) < 4.78 is 0.608. The van der Waals surface area contributed by atoms with Gasteiger partial charge < -0.3 is 0 Å². The molecule has 1 N–H and O–H groups in total. The van der Waals surface area contributed by atoms with E-state index in [0.29, 0.717) is 19.8 Å². The van der Waals surface area contributed by atoms with Crippen molar-refractivity contribution in [2.75, 3.05) is 0 Å². The first-order chi connectivity index (χ1) is 6.25. The monoisotopic (exact) mass is 230 g/mol. The predicted octanol–water partition coefficient (Wildman–Crippen LogP) is 2.31. The summed E-state index contributed by atoms with van der Waals surface area (Å²) in [5, 5.41) is 7.65. The maximum absolute atomic E-state index is 5.67. The molecule has 0 aliphatic carbocycles. The molecular formula is C6H3ClN4S2. The van der Waals surface area contributed by atoms with Crippen LogP contribution in [0.15, 0.2) is 12.4 Å². The third-order valence-corrected chi connectivity index (χ3v) is 2.56. The molecule has 0 atom stereocenters. The average Bonchev–Trinajstić information content (AvgIpc) is 2.52. The third-order valence-electron chi connectivity index (χ3n) is 1.26. The number of halogens is 1. The molecule has 0 aliphatic rings. The summed E-state index contributed by atoms with van der Waals surface area (Å²) in [7, 11) is 0. The molecule has 0 saturated heterocycles. The van der Waals surface area contributed by atoms with Crippen LogP contribution >= 0.6 is 35.2 Å². The van der Waals surface area contributed by atoms with Gasteiger partial charge in [-0.05, 0) is 12.2 Å². The molecule has 0 aromatic carbocycles. The van der Waals surface area contributed by atoms with Gasteiger partial charge in [0.25, 0.3) is 0 Å². The SMILES string of the molecule is S=c1[nH]nc(-c2cncc(Cl)n2)s1. The van der Waals surface area contributed by atoms with Crippen molar-refractivity contribution in [1.29, 1.82) is 0 Å². The summed E-state index contributed by atoms with van der Waals surface area (Å²) >= 11 is 11.9. The summed E-state index contributed by atoms with van der Waals surface area (Å²) in [5.74, 6) is 0. The maximum Gasteiger partial charge on any atom is 0.176 e. The zero-order valence-corrected chi connectivity index (χ0v) is 8.58. The molecule has 4 nitrogen and oxygen atoms in total. The molecule has 7 heteroatoms. The zero-order chi connectivity index (χ0) is 9.26. The highest BCUT2D eigenvalue weighted by molar-refractivity contribution is 7.73. The van der Waals surface area contributed by atoms with Crippen LogP contribution in [0.1, 0.15) is 0 Å². The van der Waals surface area contributed by atoms with Gasteiger partial charge in [0.05, 0.1) is 12.4 Å². The Balaban J connectivity index is 2.52. The number of nitrogens with zero attached hydrogens (tertiary/aromatic N) is 3. The van der Waals surface area contributed by atoms with Gasteiger partial charge in [0.2, 0.25) is 0 Å². The van der Waals surface area contributed by atoms with Gasteiger partial charge in [0, 0.05) is 0 Å². The molecule has 0 radical (unpaired) electrons. The number of hydrogen-bond donors (Lipinski definition) is 1. The van der Waals surface area contributed by atoms with Crippen molar-refractivity contribution in [3.05, 3.63) is 21.5 Å². The number of aromatic nitrogens is 4. The van der Waals surface area contributed by atoms with Crippen molar-refractivity contribution >= 4 is 35.2 Å². The number of hydrogen-bond acceptors (Lipinski definition) is 5. The highest BCUT2D eigenvalue weighted by Crippen LogP contribution is 2.19. The van der Waals surface area contributed by atoms with Crippen molar-refractivity contribution < 1.29 is 0 Å². The average molecular weight is 231 g/mol. The molecule has 0 unspecified atom stereocenters. The number of nitrogens with one attached hydrogen (secondary N) is 1. The number of aromatic amines is 1. The Morgan fingerprint density at radius 2 is 2.31 bits per heavy atom. The Morgan fingerprint density at radius 1 is 1.46 bits per heavy atom. The number of rotatable bonds is 1. The molecular weight excluding hydrogens is 228 g/mol. The van der Waals surface area contributed by atoms with Crippen LogP contribution in [0.25, 0.3) is 10.7 Å². The topological polar surface area (TPSA) is 54.5 Å². The van der Waals surface area contributed by atoms with E-state index in [4.69, 9.17) is 23.8 Å². The molecule has 2 heterocycles. The van der Waals surface area contributed by atoms with Gasteiger partial charge >= 0.3 is 0 Å². The molecule has 0 bridgehead atoms. The highest BCUT2D eigenvalue weighted by atomic mass is 35.5. The standard InChI is InChI=1S/C6H3ClN4S2/c7-4-2-8-1-3(9-4)5-10-11-6(12)13-5/h1-2H,(H,11,12). The minimum Gasteiger partial charge on any atom is -0.259 e. The van der Waals surface area contributed by atoms with Gasteiger partial charge in [0.1, 0.15) is 10.8 Å². The van der Waals surface area contributed by atoms with Gasteiger partial charge in [-0.15, -0.1) is 0 Å². The first-order valence-electron chi connectivity index (χ1n) is 3.29. The van der Waals surface area contributed by atoms with Crippen LogP contribution in [0, 0.1) is 3.95 Å². The number of H-pyrrole nitrogens is 1. The van der Waals surface area contributed by atoms with Crippen LogP contribution in [0.4, 0.5) is 0 Å². The van der Waals surface area contributed by atoms with Crippen LogP contribution < -0.4 is 0 Å². The lowest BCUT2D eigenvalue weighted by atomic mass is 10.5. The van der Waals surface area contributed by atoms with E-state index in [1.54, 1.807) is 6.20 Å². The molecule has 13 heavy (non-hydrogen) atoms. The second-order valence-corrected chi connectivity index (χ2v) is 4.20. The molecule has 2 aromatic heterocycles. The Bertz CT molecular complexity index is 477. The minimum atomic E-state index is 0.346. The normalized spacial score (nSPS) is 10.2.